The number of hydrogen-bond acceptors (Lipinski definition) is 5. The third-order valence-electron chi connectivity index (χ3n) is 4.03. The summed E-state index contributed by atoms with van der Waals surface area (Å²) in [6.45, 7) is 3.31. The van der Waals surface area contributed by atoms with Crippen molar-refractivity contribution in [3.05, 3.63) is 35.7 Å². The van der Waals surface area contributed by atoms with E-state index in [9.17, 15) is 9.59 Å². The largest absolute Gasteiger partial charge is 0.324 e. The molecule has 24 heavy (non-hydrogen) atoms. The van der Waals surface area contributed by atoms with Crippen LogP contribution in [0.15, 0.2) is 29.4 Å². The van der Waals surface area contributed by atoms with Crippen molar-refractivity contribution in [1.29, 1.82) is 0 Å². The molecule has 1 fully saturated rings. The Balaban J connectivity index is 1.68. The Morgan fingerprint density at radius 3 is 2.67 bits per heavy atom. The van der Waals surface area contributed by atoms with E-state index in [2.05, 4.69) is 15.5 Å². The number of thioether (sulfide) groups is 1. The molecule has 7 heteroatoms. The Hall–Kier alpha value is -2.15. The van der Waals surface area contributed by atoms with Gasteiger partial charge in [-0.25, -0.2) is 0 Å². The zero-order chi connectivity index (χ0) is 17.3. The summed E-state index contributed by atoms with van der Waals surface area (Å²) in [5.41, 5.74) is 1.05. The van der Waals surface area contributed by atoms with Crippen molar-refractivity contribution < 1.29 is 9.59 Å². The molecule has 6 nitrogen and oxygen atoms in total. The summed E-state index contributed by atoms with van der Waals surface area (Å²) in [4.78, 5) is 24.1. The van der Waals surface area contributed by atoms with E-state index < -0.39 is 0 Å². The maximum absolute atomic E-state index is 12.5. The zero-order valence-electron chi connectivity index (χ0n) is 13.9. The lowest BCUT2D eigenvalue weighted by molar-refractivity contribution is -0.115. The van der Waals surface area contributed by atoms with Gasteiger partial charge in [-0.2, -0.15) is 0 Å². The van der Waals surface area contributed by atoms with Gasteiger partial charge in [-0.05, 0) is 38.8 Å². The summed E-state index contributed by atoms with van der Waals surface area (Å²) >= 11 is 1.37. The fourth-order valence-corrected chi connectivity index (χ4v) is 3.29. The predicted octanol–water partition coefficient (Wildman–Crippen LogP) is 3.01. The van der Waals surface area contributed by atoms with Crippen LogP contribution in [0.4, 0.5) is 5.69 Å². The molecule has 0 spiro atoms. The minimum atomic E-state index is -0.347. The number of para-hydroxylation sites is 1. The number of carbonyl (C=O) groups excluding carboxylic acids is 2. The van der Waals surface area contributed by atoms with Crippen LogP contribution in [0, 0.1) is 0 Å². The summed E-state index contributed by atoms with van der Waals surface area (Å²) in [6, 6.07) is 7.02. The fourth-order valence-electron chi connectivity index (χ4n) is 2.47. The Morgan fingerprint density at radius 1 is 1.29 bits per heavy atom. The summed E-state index contributed by atoms with van der Waals surface area (Å²) in [5.74, 6) is 1.27. The molecular weight excluding hydrogens is 324 g/mol. The molecule has 0 unspecified atom stereocenters. The normalized spacial score (nSPS) is 15.1. The number of carbonyl (C=O) groups is 2. The van der Waals surface area contributed by atoms with Crippen molar-refractivity contribution in [3.63, 3.8) is 0 Å². The molecule has 1 saturated carbocycles. The highest BCUT2D eigenvalue weighted by atomic mass is 32.2. The van der Waals surface area contributed by atoms with Crippen molar-refractivity contribution in [2.24, 2.45) is 7.05 Å². The predicted molar refractivity (Wildman–Crippen MR) is 93.4 cm³/mol. The topological polar surface area (TPSA) is 76.9 Å². The molecule has 1 N–H and O–H groups in total. The number of ketones is 1. The van der Waals surface area contributed by atoms with Gasteiger partial charge in [-0.15, -0.1) is 10.2 Å². The van der Waals surface area contributed by atoms with Crippen LogP contribution in [-0.4, -0.2) is 31.7 Å². The molecule has 0 bridgehead atoms. The van der Waals surface area contributed by atoms with Gasteiger partial charge < -0.3 is 9.88 Å². The second-order valence-corrected chi connectivity index (χ2v) is 7.33. The van der Waals surface area contributed by atoms with E-state index in [1.54, 1.807) is 24.3 Å². The number of nitrogens with zero attached hydrogens (tertiary/aromatic N) is 3. The Labute approximate surface area is 145 Å². The minimum Gasteiger partial charge on any atom is -0.324 e. The monoisotopic (exact) mass is 344 g/mol. The lowest BCUT2D eigenvalue weighted by Gasteiger charge is -2.13. The van der Waals surface area contributed by atoms with Gasteiger partial charge in [-0.1, -0.05) is 23.9 Å². The number of aromatic nitrogens is 3. The molecule has 0 saturated heterocycles. The van der Waals surface area contributed by atoms with Crippen LogP contribution in [0.25, 0.3) is 0 Å². The van der Waals surface area contributed by atoms with Crippen LogP contribution in [0.2, 0.25) is 0 Å². The average Bonchev–Trinajstić information content (AvgIpc) is 3.33. The number of amides is 1. The SMILES string of the molecule is CC(=O)c1ccccc1NC(=O)[C@@H](C)Sc1nnc(C2CC2)n1C. The lowest BCUT2D eigenvalue weighted by atomic mass is 10.1. The molecule has 1 atom stereocenters. The van der Waals surface area contributed by atoms with Crippen molar-refractivity contribution in [1.82, 2.24) is 14.8 Å². The van der Waals surface area contributed by atoms with E-state index in [1.165, 1.54) is 18.7 Å². The van der Waals surface area contributed by atoms with Crippen molar-refractivity contribution in [2.45, 2.75) is 43.0 Å². The number of nitrogens with one attached hydrogen (secondary N) is 1. The molecule has 126 valence electrons. The second-order valence-electron chi connectivity index (χ2n) is 6.03. The first-order chi connectivity index (χ1) is 11.5. The van der Waals surface area contributed by atoms with Gasteiger partial charge in [0.25, 0.3) is 0 Å². The Morgan fingerprint density at radius 2 is 2.00 bits per heavy atom. The standard InChI is InChI=1S/C17H20N4O2S/c1-10(22)13-6-4-5-7-14(13)18-16(23)11(2)24-17-20-19-15(21(17)3)12-8-9-12/h4-7,11-12H,8-9H2,1-3H3,(H,18,23)/t11-/m1/s1. The van der Waals surface area contributed by atoms with E-state index in [0.717, 1.165) is 23.8 Å². The minimum absolute atomic E-state index is 0.0754. The van der Waals surface area contributed by atoms with Crippen LogP contribution in [-0.2, 0) is 11.8 Å². The molecule has 1 aromatic carbocycles. The van der Waals surface area contributed by atoms with Gasteiger partial charge in [0, 0.05) is 18.5 Å². The van der Waals surface area contributed by atoms with E-state index in [1.807, 2.05) is 18.5 Å². The van der Waals surface area contributed by atoms with Crippen LogP contribution >= 0.6 is 11.8 Å². The van der Waals surface area contributed by atoms with Crippen molar-refractivity contribution in [3.8, 4) is 0 Å². The van der Waals surface area contributed by atoms with Crippen LogP contribution < -0.4 is 5.32 Å². The van der Waals surface area contributed by atoms with Gasteiger partial charge in [0.05, 0.1) is 10.9 Å². The van der Waals surface area contributed by atoms with Gasteiger partial charge in [0.1, 0.15) is 5.82 Å². The summed E-state index contributed by atoms with van der Waals surface area (Å²) in [6.07, 6.45) is 2.32. The maximum atomic E-state index is 12.5. The lowest BCUT2D eigenvalue weighted by Crippen LogP contribution is -2.23. The molecule has 1 amide bonds. The van der Waals surface area contributed by atoms with E-state index in [4.69, 9.17) is 0 Å². The summed E-state index contributed by atoms with van der Waals surface area (Å²) in [5, 5.41) is 11.6. The van der Waals surface area contributed by atoms with E-state index in [0.29, 0.717) is 17.2 Å². The first-order valence-corrected chi connectivity index (χ1v) is 8.82. The van der Waals surface area contributed by atoms with Gasteiger partial charge in [0.2, 0.25) is 5.91 Å². The first kappa shape index (κ1) is 16.7. The van der Waals surface area contributed by atoms with E-state index in [-0.39, 0.29) is 16.9 Å². The van der Waals surface area contributed by atoms with Gasteiger partial charge >= 0.3 is 0 Å². The number of benzene rings is 1. The number of hydrogen-bond donors (Lipinski definition) is 1. The van der Waals surface area contributed by atoms with Gasteiger partial charge in [-0.3, -0.25) is 9.59 Å². The molecule has 3 rings (SSSR count). The third kappa shape index (κ3) is 3.51. The van der Waals surface area contributed by atoms with Crippen LogP contribution in [0.5, 0.6) is 0 Å². The fraction of sp³-hybridized carbons (Fsp3) is 0.412. The molecule has 0 aliphatic heterocycles. The smallest absolute Gasteiger partial charge is 0.237 e. The first-order valence-electron chi connectivity index (χ1n) is 7.94. The van der Waals surface area contributed by atoms with Gasteiger partial charge in [0.15, 0.2) is 10.9 Å². The van der Waals surface area contributed by atoms with E-state index >= 15 is 0 Å². The maximum Gasteiger partial charge on any atom is 0.237 e. The summed E-state index contributed by atoms with van der Waals surface area (Å²) in [7, 11) is 1.94. The molecule has 1 aromatic heterocycles. The molecule has 1 aliphatic rings. The van der Waals surface area contributed by atoms with Crippen LogP contribution in [0.3, 0.4) is 0 Å². The zero-order valence-corrected chi connectivity index (χ0v) is 14.8. The second kappa shape index (κ2) is 6.76. The van der Waals surface area contributed by atoms with Crippen LogP contribution in [0.1, 0.15) is 48.8 Å². The Bertz CT molecular complexity index is 783. The molecule has 2 aromatic rings. The van der Waals surface area contributed by atoms with Crippen molar-refractivity contribution >= 4 is 29.1 Å². The number of rotatable bonds is 6. The molecular formula is C17H20N4O2S. The Kier molecular flexibility index (Phi) is 4.71. The number of Topliss-reactive ketones (excluding diaryl/α,β-unsaturated/α-hetero) is 1. The number of anilines is 1. The highest BCUT2D eigenvalue weighted by Crippen LogP contribution is 2.39. The quantitative estimate of drug-likeness (QED) is 0.644. The van der Waals surface area contributed by atoms with Crippen molar-refractivity contribution in [2.75, 3.05) is 5.32 Å². The highest BCUT2D eigenvalue weighted by Gasteiger charge is 2.30. The third-order valence-corrected chi connectivity index (χ3v) is 5.16. The highest BCUT2D eigenvalue weighted by molar-refractivity contribution is 8.00. The average molecular weight is 344 g/mol. The molecule has 1 aliphatic carbocycles. The summed E-state index contributed by atoms with van der Waals surface area (Å²) < 4.78 is 1.97. The molecule has 1 heterocycles. The molecule has 0 radical (unpaired) electrons.